The summed E-state index contributed by atoms with van der Waals surface area (Å²) >= 11 is 10.5. The van der Waals surface area contributed by atoms with Crippen LogP contribution in [0.3, 0.4) is 0 Å². The van der Waals surface area contributed by atoms with E-state index in [2.05, 4.69) is 5.32 Å². The van der Waals surface area contributed by atoms with Gasteiger partial charge in [-0.05, 0) is 24.6 Å². The van der Waals surface area contributed by atoms with Gasteiger partial charge >= 0.3 is 0 Å². The number of hydrogen-bond acceptors (Lipinski definition) is 3. The number of phenolic OH excluding ortho intramolecular Hbond substituents is 1. The summed E-state index contributed by atoms with van der Waals surface area (Å²) in [4.78, 5) is 12.1. The summed E-state index contributed by atoms with van der Waals surface area (Å²) in [6, 6.07) is 3.88. The molecule has 1 aromatic rings. The molecule has 0 fully saturated rings. The molecule has 0 radical (unpaired) electrons. The van der Waals surface area contributed by atoms with Gasteiger partial charge in [0, 0.05) is 5.56 Å². The first-order valence-electron chi connectivity index (χ1n) is 5.04. The molecule has 1 amide bonds. The SMILES string of the molecule is CCC(NC(=O)c1ccc(O)c(Cl)c1)C(N)=S. The first-order chi connectivity index (χ1) is 7.95. The fourth-order valence-corrected chi connectivity index (χ4v) is 1.67. The van der Waals surface area contributed by atoms with E-state index in [9.17, 15) is 9.90 Å². The van der Waals surface area contributed by atoms with Gasteiger partial charge in [0.15, 0.2) is 0 Å². The van der Waals surface area contributed by atoms with Crippen LogP contribution < -0.4 is 11.1 Å². The van der Waals surface area contributed by atoms with Crippen LogP contribution in [0.4, 0.5) is 0 Å². The van der Waals surface area contributed by atoms with Crippen LogP contribution in [0.25, 0.3) is 0 Å². The summed E-state index contributed by atoms with van der Waals surface area (Å²) in [7, 11) is 0. The lowest BCUT2D eigenvalue weighted by atomic mass is 10.1. The highest BCUT2D eigenvalue weighted by Gasteiger charge is 2.15. The third-order valence-electron chi connectivity index (χ3n) is 2.27. The quantitative estimate of drug-likeness (QED) is 0.731. The summed E-state index contributed by atoms with van der Waals surface area (Å²) in [6.07, 6.45) is 0.618. The average Bonchev–Trinajstić information content (AvgIpc) is 2.28. The molecule has 1 atom stereocenters. The van der Waals surface area contributed by atoms with Crippen molar-refractivity contribution in [3.63, 3.8) is 0 Å². The van der Waals surface area contributed by atoms with E-state index in [1.165, 1.54) is 18.2 Å². The lowest BCUT2D eigenvalue weighted by Gasteiger charge is -2.15. The molecule has 0 aliphatic rings. The van der Waals surface area contributed by atoms with E-state index in [1.54, 1.807) is 0 Å². The molecule has 0 heterocycles. The van der Waals surface area contributed by atoms with Crippen molar-refractivity contribution < 1.29 is 9.90 Å². The number of hydrogen-bond donors (Lipinski definition) is 3. The Hall–Kier alpha value is -1.33. The molecule has 0 aliphatic carbocycles. The zero-order valence-corrected chi connectivity index (χ0v) is 10.8. The molecule has 0 saturated carbocycles. The number of amides is 1. The molecule has 4 nitrogen and oxygen atoms in total. The maximum atomic E-state index is 11.8. The molecule has 0 bridgehead atoms. The van der Waals surface area contributed by atoms with Crippen molar-refractivity contribution in [1.29, 1.82) is 0 Å². The predicted octanol–water partition coefficient (Wildman–Crippen LogP) is 1.84. The van der Waals surface area contributed by atoms with Crippen LogP contribution >= 0.6 is 23.8 Å². The van der Waals surface area contributed by atoms with E-state index in [4.69, 9.17) is 29.6 Å². The van der Waals surface area contributed by atoms with Crippen LogP contribution in [-0.4, -0.2) is 22.0 Å². The fourth-order valence-electron chi connectivity index (χ4n) is 1.26. The largest absolute Gasteiger partial charge is 0.506 e. The summed E-state index contributed by atoms with van der Waals surface area (Å²) in [5.74, 6) is -0.392. The van der Waals surface area contributed by atoms with Crippen LogP contribution in [0, 0.1) is 0 Å². The van der Waals surface area contributed by atoms with E-state index in [-0.39, 0.29) is 27.7 Å². The molecule has 92 valence electrons. The normalized spacial score (nSPS) is 11.9. The zero-order valence-electron chi connectivity index (χ0n) is 9.24. The van der Waals surface area contributed by atoms with E-state index in [1.807, 2.05) is 6.92 Å². The first kappa shape index (κ1) is 13.7. The highest BCUT2D eigenvalue weighted by molar-refractivity contribution is 7.80. The Kier molecular flexibility index (Phi) is 4.72. The number of thiocarbonyl (C=S) groups is 1. The van der Waals surface area contributed by atoms with E-state index >= 15 is 0 Å². The van der Waals surface area contributed by atoms with Crippen molar-refractivity contribution in [3.05, 3.63) is 28.8 Å². The molecule has 4 N–H and O–H groups in total. The molecule has 0 aromatic heterocycles. The third kappa shape index (κ3) is 3.57. The second-order valence-corrected chi connectivity index (χ2v) is 4.38. The smallest absolute Gasteiger partial charge is 0.251 e. The van der Waals surface area contributed by atoms with E-state index in [0.717, 1.165) is 0 Å². The molecule has 1 aromatic carbocycles. The van der Waals surface area contributed by atoms with Crippen LogP contribution in [0.1, 0.15) is 23.7 Å². The molecule has 1 unspecified atom stereocenters. The number of phenols is 1. The number of nitrogens with one attached hydrogen (secondary N) is 1. The molecule has 0 aliphatic heterocycles. The average molecular weight is 273 g/mol. The van der Waals surface area contributed by atoms with Gasteiger partial charge in [-0.25, -0.2) is 0 Å². The standard InChI is InChI=1S/C11H13ClN2O2S/c1-2-8(10(13)17)14-11(16)6-3-4-9(15)7(12)5-6/h3-5,8,15H,2H2,1H3,(H2,13,17)(H,14,16). The highest BCUT2D eigenvalue weighted by Crippen LogP contribution is 2.23. The van der Waals surface area contributed by atoms with Crippen LogP contribution in [0.5, 0.6) is 5.75 Å². The van der Waals surface area contributed by atoms with Gasteiger partial charge in [-0.1, -0.05) is 30.7 Å². The Bertz CT molecular complexity index is 451. The minimum Gasteiger partial charge on any atom is -0.506 e. The van der Waals surface area contributed by atoms with Crippen LogP contribution in [0.2, 0.25) is 5.02 Å². The highest BCUT2D eigenvalue weighted by atomic mass is 35.5. The number of carbonyl (C=O) groups is 1. The maximum Gasteiger partial charge on any atom is 0.251 e. The number of rotatable bonds is 4. The van der Waals surface area contributed by atoms with Gasteiger partial charge in [0.25, 0.3) is 5.91 Å². The summed E-state index contributed by atoms with van der Waals surface area (Å²) < 4.78 is 0. The second-order valence-electron chi connectivity index (χ2n) is 3.50. The number of benzene rings is 1. The number of nitrogens with two attached hydrogens (primary N) is 1. The molecular formula is C11H13ClN2O2S. The predicted molar refractivity (Wildman–Crippen MR) is 71.4 cm³/mol. The van der Waals surface area contributed by atoms with Crippen molar-refractivity contribution in [2.45, 2.75) is 19.4 Å². The Morgan fingerprint density at radius 1 is 1.65 bits per heavy atom. The lowest BCUT2D eigenvalue weighted by molar-refractivity contribution is 0.0946. The molecular weight excluding hydrogens is 260 g/mol. The van der Waals surface area contributed by atoms with Crippen molar-refractivity contribution >= 4 is 34.7 Å². The number of halogens is 1. The molecule has 17 heavy (non-hydrogen) atoms. The van der Waals surface area contributed by atoms with E-state index in [0.29, 0.717) is 12.0 Å². The van der Waals surface area contributed by atoms with Crippen LogP contribution in [0.15, 0.2) is 18.2 Å². The molecule has 0 saturated heterocycles. The topological polar surface area (TPSA) is 75.3 Å². The monoisotopic (exact) mass is 272 g/mol. The summed E-state index contributed by atoms with van der Waals surface area (Å²) in [6.45, 7) is 1.87. The minimum atomic E-state index is -0.343. The lowest BCUT2D eigenvalue weighted by Crippen LogP contribution is -2.42. The fraction of sp³-hybridized carbons (Fsp3) is 0.273. The van der Waals surface area contributed by atoms with Gasteiger partial charge in [0.05, 0.1) is 16.1 Å². The van der Waals surface area contributed by atoms with Crippen molar-refractivity contribution in [2.24, 2.45) is 5.73 Å². The van der Waals surface area contributed by atoms with Gasteiger partial charge in [-0.3, -0.25) is 4.79 Å². The Morgan fingerprint density at radius 2 is 2.29 bits per heavy atom. The minimum absolute atomic E-state index is 0.0652. The van der Waals surface area contributed by atoms with Crippen LogP contribution in [-0.2, 0) is 0 Å². The van der Waals surface area contributed by atoms with E-state index < -0.39 is 0 Å². The second kappa shape index (κ2) is 5.84. The van der Waals surface area contributed by atoms with Gasteiger partial charge in [0.2, 0.25) is 0 Å². The molecule has 1 rings (SSSR count). The van der Waals surface area contributed by atoms with Crippen molar-refractivity contribution in [2.75, 3.05) is 0 Å². The first-order valence-corrected chi connectivity index (χ1v) is 5.83. The van der Waals surface area contributed by atoms with Gasteiger partial charge in [0.1, 0.15) is 5.75 Å². The van der Waals surface area contributed by atoms with Gasteiger partial charge < -0.3 is 16.2 Å². The Balaban J connectivity index is 2.82. The molecule has 6 heteroatoms. The Morgan fingerprint density at radius 3 is 2.76 bits per heavy atom. The zero-order chi connectivity index (χ0) is 13.0. The van der Waals surface area contributed by atoms with Crippen molar-refractivity contribution in [3.8, 4) is 5.75 Å². The maximum absolute atomic E-state index is 11.8. The summed E-state index contributed by atoms with van der Waals surface area (Å²) in [5, 5.41) is 12.0. The Labute approximate surface area is 110 Å². The van der Waals surface area contributed by atoms with Gasteiger partial charge in [-0.15, -0.1) is 0 Å². The third-order valence-corrected chi connectivity index (χ3v) is 2.85. The number of aromatic hydroxyl groups is 1. The number of carbonyl (C=O) groups excluding carboxylic acids is 1. The summed E-state index contributed by atoms with van der Waals surface area (Å²) in [5.41, 5.74) is 5.83. The van der Waals surface area contributed by atoms with Crippen molar-refractivity contribution in [1.82, 2.24) is 5.32 Å². The molecule has 0 spiro atoms. The van der Waals surface area contributed by atoms with Gasteiger partial charge in [-0.2, -0.15) is 0 Å².